The lowest BCUT2D eigenvalue weighted by Crippen LogP contribution is -2.43. The maximum absolute atomic E-state index is 12.5. The van der Waals surface area contributed by atoms with Crippen molar-refractivity contribution in [1.82, 2.24) is 4.90 Å². The maximum Gasteiger partial charge on any atom is 0.330 e. The summed E-state index contributed by atoms with van der Waals surface area (Å²) in [4.78, 5) is 38.3. The van der Waals surface area contributed by atoms with Gasteiger partial charge < -0.3 is 24.1 Å². The standard InChI is InChI=1S/C20H22N2O6S/c1-3-26-16-8-5-4-7-14(16)21-18(24)11-28-20(25)15-12-29-19(22(15)13(2)23)17-9-6-10-27-17/h4-10,15,19H,3,11-12H2,1-2H3,(H,21,24)/t15-,19-/m0/s1. The predicted molar refractivity (Wildman–Crippen MR) is 107 cm³/mol. The minimum Gasteiger partial charge on any atom is -0.492 e. The molecule has 1 saturated heterocycles. The number of para-hydroxylation sites is 2. The Morgan fingerprint density at radius 3 is 2.72 bits per heavy atom. The molecule has 1 aliphatic heterocycles. The van der Waals surface area contributed by atoms with Gasteiger partial charge in [0.15, 0.2) is 6.61 Å². The van der Waals surface area contributed by atoms with Crippen LogP contribution in [0.2, 0.25) is 0 Å². The zero-order valence-corrected chi connectivity index (χ0v) is 16.9. The molecule has 3 rings (SSSR count). The number of carbonyl (C=O) groups is 3. The molecular weight excluding hydrogens is 396 g/mol. The second kappa shape index (κ2) is 9.51. The number of hydrogen-bond donors (Lipinski definition) is 1. The number of thioether (sulfide) groups is 1. The summed E-state index contributed by atoms with van der Waals surface area (Å²) < 4.78 is 16.0. The van der Waals surface area contributed by atoms with Gasteiger partial charge in [-0.2, -0.15) is 0 Å². The summed E-state index contributed by atoms with van der Waals surface area (Å²) in [7, 11) is 0. The first-order valence-electron chi connectivity index (χ1n) is 9.13. The van der Waals surface area contributed by atoms with E-state index in [2.05, 4.69) is 5.32 Å². The van der Waals surface area contributed by atoms with Gasteiger partial charge in [0.25, 0.3) is 5.91 Å². The molecule has 0 unspecified atom stereocenters. The largest absolute Gasteiger partial charge is 0.492 e. The molecule has 0 bridgehead atoms. The molecule has 0 aliphatic carbocycles. The first kappa shape index (κ1) is 20.8. The number of benzene rings is 1. The molecule has 2 heterocycles. The van der Waals surface area contributed by atoms with E-state index >= 15 is 0 Å². The normalized spacial score (nSPS) is 18.3. The van der Waals surface area contributed by atoms with Crippen LogP contribution in [0.15, 0.2) is 47.1 Å². The minimum absolute atomic E-state index is 0.270. The molecule has 1 aromatic heterocycles. The lowest BCUT2D eigenvalue weighted by molar-refractivity contribution is -0.155. The van der Waals surface area contributed by atoms with Crippen LogP contribution < -0.4 is 10.1 Å². The Labute approximate surface area is 172 Å². The summed E-state index contributed by atoms with van der Waals surface area (Å²) in [6.45, 7) is 3.23. The average molecular weight is 418 g/mol. The summed E-state index contributed by atoms with van der Waals surface area (Å²) in [6.07, 6.45) is 1.52. The fourth-order valence-corrected chi connectivity index (χ4v) is 4.41. The Balaban J connectivity index is 1.59. The second-order valence-electron chi connectivity index (χ2n) is 6.23. The number of esters is 1. The van der Waals surface area contributed by atoms with Crippen LogP contribution in [0.5, 0.6) is 5.75 Å². The van der Waals surface area contributed by atoms with Crippen molar-refractivity contribution in [3.63, 3.8) is 0 Å². The summed E-state index contributed by atoms with van der Waals surface area (Å²) in [5.74, 6) is 0.0895. The lowest BCUT2D eigenvalue weighted by atomic mass is 10.2. The van der Waals surface area contributed by atoms with E-state index in [1.165, 1.54) is 29.8 Å². The highest BCUT2D eigenvalue weighted by atomic mass is 32.2. The third kappa shape index (κ3) is 4.92. The smallest absolute Gasteiger partial charge is 0.330 e. The number of hydrogen-bond acceptors (Lipinski definition) is 7. The van der Waals surface area contributed by atoms with Gasteiger partial charge in [0.1, 0.15) is 22.9 Å². The van der Waals surface area contributed by atoms with Gasteiger partial charge in [-0.1, -0.05) is 12.1 Å². The Bertz CT molecular complexity index is 870. The maximum atomic E-state index is 12.5. The van der Waals surface area contributed by atoms with Crippen LogP contribution in [-0.4, -0.2) is 47.7 Å². The molecule has 1 aromatic carbocycles. The fourth-order valence-electron chi connectivity index (χ4n) is 2.99. The van der Waals surface area contributed by atoms with Gasteiger partial charge in [0.05, 0.1) is 18.6 Å². The Hall–Kier alpha value is -2.94. The SMILES string of the molecule is CCOc1ccccc1NC(=O)COC(=O)[C@@H]1CS[C@@H](c2ccco2)N1C(C)=O. The highest BCUT2D eigenvalue weighted by Crippen LogP contribution is 2.41. The van der Waals surface area contributed by atoms with E-state index in [1.54, 1.807) is 36.4 Å². The number of rotatable bonds is 7. The number of nitrogens with zero attached hydrogens (tertiary/aromatic N) is 1. The van der Waals surface area contributed by atoms with E-state index in [1.807, 2.05) is 6.92 Å². The van der Waals surface area contributed by atoms with Crippen LogP contribution in [0.3, 0.4) is 0 Å². The number of anilines is 1. The summed E-state index contributed by atoms with van der Waals surface area (Å²) in [6, 6.07) is 9.69. The van der Waals surface area contributed by atoms with Crippen molar-refractivity contribution < 1.29 is 28.3 Å². The molecule has 2 amide bonds. The van der Waals surface area contributed by atoms with E-state index in [9.17, 15) is 14.4 Å². The molecule has 1 N–H and O–H groups in total. The van der Waals surface area contributed by atoms with E-state index < -0.39 is 29.9 Å². The number of nitrogens with one attached hydrogen (secondary N) is 1. The zero-order valence-electron chi connectivity index (χ0n) is 16.1. The molecule has 29 heavy (non-hydrogen) atoms. The van der Waals surface area contributed by atoms with E-state index in [4.69, 9.17) is 13.9 Å². The Morgan fingerprint density at radius 2 is 2.03 bits per heavy atom. The van der Waals surface area contributed by atoms with Crippen molar-refractivity contribution in [1.29, 1.82) is 0 Å². The van der Waals surface area contributed by atoms with Gasteiger partial charge in [-0.15, -0.1) is 11.8 Å². The van der Waals surface area contributed by atoms with Gasteiger partial charge in [-0.25, -0.2) is 4.79 Å². The summed E-state index contributed by atoms with van der Waals surface area (Å²) in [5, 5.41) is 2.27. The van der Waals surface area contributed by atoms with Gasteiger partial charge >= 0.3 is 5.97 Å². The highest BCUT2D eigenvalue weighted by molar-refractivity contribution is 7.99. The third-order valence-electron chi connectivity index (χ3n) is 4.23. The fraction of sp³-hybridized carbons (Fsp3) is 0.350. The van der Waals surface area contributed by atoms with Crippen LogP contribution >= 0.6 is 11.8 Å². The van der Waals surface area contributed by atoms with Crippen LogP contribution in [0, 0.1) is 0 Å². The number of amides is 2. The zero-order chi connectivity index (χ0) is 20.8. The van der Waals surface area contributed by atoms with Gasteiger partial charge in [-0.05, 0) is 31.2 Å². The first-order chi connectivity index (χ1) is 14.0. The first-order valence-corrected chi connectivity index (χ1v) is 10.2. The quantitative estimate of drug-likeness (QED) is 0.691. The van der Waals surface area contributed by atoms with Gasteiger partial charge in [-0.3, -0.25) is 9.59 Å². The molecule has 2 aromatic rings. The molecule has 8 nitrogen and oxygen atoms in total. The van der Waals surface area contributed by atoms with Gasteiger partial charge in [0, 0.05) is 12.7 Å². The Kier molecular flexibility index (Phi) is 6.82. The molecule has 0 spiro atoms. The van der Waals surface area contributed by atoms with Crippen LogP contribution in [0.1, 0.15) is 25.0 Å². The molecule has 2 atom stereocenters. The number of ether oxygens (including phenoxy) is 2. The Morgan fingerprint density at radius 1 is 1.24 bits per heavy atom. The monoisotopic (exact) mass is 418 g/mol. The van der Waals surface area contributed by atoms with Crippen molar-refractivity contribution in [3.05, 3.63) is 48.4 Å². The van der Waals surface area contributed by atoms with Crippen LogP contribution in [0.25, 0.3) is 0 Å². The molecule has 0 radical (unpaired) electrons. The van der Waals surface area contributed by atoms with Crippen molar-refractivity contribution in [2.24, 2.45) is 0 Å². The van der Waals surface area contributed by atoms with Crippen molar-refractivity contribution >= 4 is 35.2 Å². The average Bonchev–Trinajstić information content (AvgIpc) is 3.37. The van der Waals surface area contributed by atoms with Crippen molar-refractivity contribution in [3.8, 4) is 5.75 Å². The van der Waals surface area contributed by atoms with E-state index in [0.29, 0.717) is 29.6 Å². The van der Waals surface area contributed by atoms with Gasteiger partial charge in [0.2, 0.25) is 5.91 Å². The van der Waals surface area contributed by atoms with Crippen molar-refractivity contribution in [2.75, 3.05) is 24.3 Å². The predicted octanol–water partition coefficient (Wildman–Crippen LogP) is 2.82. The molecular formula is C20H22N2O6S. The number of furan rings is 1. The molecule has 9 heteroatoms. The summed E-state index contributed by atoms with van der Waals surface area (Å²) >= 11 is 1.41. The van der Waals surface area contributed by atoms with E-state index in [0.717, 1.165) is 0 Å². The van der Waals surface area contributed by atoms with Crippen molar-refractivity contribution in [2.45, 2.75) is 25.3 Å². The highest BCUT2D eigenvalue weighted by Gasteiger charge is 2.43. The van der Waals surface area contributed by atoms with Crippen LogP contribution in [-0.2, 0) is 19.1 Å². The third-order valence-corrected chi connectivity index (χ3v) is 5.51. The van der Waals surface area contributed by atoms with Crippen LogP contribution in [0.4, 0.5) is 5.69 Å². The van der Waals surface area contributed by atoms with E-state index in [-0.39, 0.29) is 5.91 Å². The summed E-state index contributed by atoms with van der Waals surface area (Å²) in [5.41, 5.74) is 0.495. The molecule has 0 saturated carbocycles. The topological polar surface area (TPSA) is 98.1 Å². The molecule has 1 aliphatic rings. The molecule has 154 valence electrons. The minimum atomic E-state index is -0.781. The molecule has 1 fully saturated rings. The number of carbonyl (C=O) groups excluding carboxylic acids is 3. The lowest BCUT2D eigenvalue weighted by Gasteiger charge is -2.25. The second-order valence-corrected chi connectivity index (χ2v) is 7.34.